The molecule has 178 valence electrons. The van der Waals surface area contributed by atoms with Gasteiger partial charge in [-0.3, -0.25) is 19.2 Å². The Balaban J connectivity index is 3.39. The van der Waals surface area contributed by atoms with Crippen LogP contribution in [-0.4, -0.2) is 79.9 Å². The summed E-state index contributed by atoms with van der Waals surface area (Å²) in [5.41, 5.74) is 0. The summed E-state index contributed by atoms with van der Waals surface area (Å²) in [6.45, 7) is 5.28. The lowest BCUT2D eigenvalue weighted by atomic mass is 9.98. The Morgan fingerprint density at radius 1 is 0.844 bits per heavy atom. The molecule has 0 bridgehead atoms. The van der Waals surface area contributed by atoms with Crippen molar-refractivity contribution >= 4 is 29.8 Å². The number of nitriles is 1. The molecule has 0 aromatic carbocycles. The van der Waals surface area contributed by atoms with Gasteiger partial charge in [0.1, 0.15) is 18.8 Å². The minimum atomic E-state index is -1.80. The molecular weight excluding hydrogens is 434 g/mol. The molecule has 0 N–H and O–H groups in total. The molecule has 1 aliphatic heterocycles. The zero-order valence-corrected chi connectivity index (χ0v) is 18.2. The molecule has 0 saturated carbocycles. The van der Waals surface area contributed by atoms with Crippen LogP contribution < -0.4 is 0 Å². The van der Waals surface area contributed by atoms with Crippen LogP contribution in [0.1, 0.15) is 34.6 Å². The van der Waals surface area contributed by atoms with Crippen LogP contribution in [0.5, 0.6) is 0 Å². The maximum Gasteiger partial charge on any atom is 0.350 e. The van der Waals surface area contributed by atoms with Crippen molar-refractivity contribution in [3.8, 4) is 6.07 Å². The molecule has 0 aromatic rings. The van der Waals surface area contributed by atoms with Gasteiger partial charge in [0.2, 0.25) is 12.4 Å². The molecule has 13 heteroatoms. The van der Waals surface area contributed by atoms with E-state index in [4.69, 9.17) is 33.2 Å². The minimum absolute atomic E-state index is 0.0427. The van der Waals surface area contributed by atoms with Crippen molar-refractivity contribution in [1.29, 1.82) is 5.26 Å². The molecule has 1 fully saturated rings. The molecule has 6 atom stereocenters. The van der Waals surface area contributed by atoms with Gasteiger partial charge < -0.3 is 33.2 Å². The zero-order chi connectivity index (χ0) is 24.4. The van der Waals surface area contributed by atoms with Crippen LogP contribution in [0.4, 0.5) is 0 Å². The Hall–Kier alpha value is -3.24. The van der Waals surface area contributed by atoms with E-state index in [0.717, 1.165) is 27.7 Å². The molecule has 1 rings (SSSR count). The van der Waals surface area contributed by atoms with Gasteiger partial charge in [-0.1, -0.05) is 0 Å². The average molecular weight is 459 g/mol. The van der Waals surface area contributed by atoms with Gasteiger partial charge in [0.25, 0.3) is 0 Å². The predicted octanol–water partition coefficient (Wildman–Crippen LogP) is -0.459. The first-order valence-electron chi connectivity index (χ1n) is 9.52. The van der Waals surface area contributed by atoms with E-state index >= 15 is 0 Å². The van der Waals surface area contributed by atoms with Crippen LogP contribution in [0.25, 0.3) is 0 Å². The van der Waals surface area contributed by atoms with Crippen molar-refractivity contribution in [1.82, 2.24) is 0 Å². The Morgan fingerprint density at radius 2 is 1.38 bits per heavy atom. The molecule has 1 heterocycles. The van der Waals surface area contributed by atoms with Crippen molar-refractivity contribution in [2.45, 2.75) is 71.4 Å². The molecule has 13 nitrogen and oxygen atoms in total. The highest BCUT2D eigenvalue weighted by atomic mass is 16.7. The third-order valence-electron chi connectivity index (χ3n) is 3.84. The molecule has 1 saturated heterocycles. The summed E-state index contributed by atoms with van der Waals surface area (Å²) in [6, 6.07) is 1.58. The van der Waals surface area contributed by atoms with Gasteiger partial charge in [-0.25, -0.2) is 4.79 Å². The van der Waals surface area contributed by atoms with Gasteiger partial charge >= 0.3 is 29.8 Å². The molecule has 0 spiro atoms. The summed E-state index contributed by atoms with van der Waals surface area (Å²) in [6.07, 6.45) is -9.16. The standard InChI is InChI=1S/C19H25NO12/c1-6-26-18(25)13(7-20)31-19-17(30-12(5)24)16(29-11(4)23)15(28-10(3)22)14(32-19)8-27-9(2)21/h13-17,19H,6,8H2,1-5H3/t13?,14-,15-,16+,17-,19-/m1/s1. The largest absolute Gasteiger partial charge is 0.463 e. The summed E-state index contributed by atoms with van der Waals surface area (Å²) in [5, 5.41) is 9.28. The van der Waals surface area contributed by atoms with Crippen LogP contribution in [-0.2, 0) is 57.1 Å². The van der Waals surface area contributed by atoms with Crippen molar-refractivity contribution in [3.05, 3.63) is 0 Å². The monoisotopic (exact) mass is 459 g/mol. The summed E-state index contributed by atoms with van der Waals surface area (Å²) < 4.78 is 36.2. The first-order chi connectivity index (χ1) is 15.0. The molecule has 0 radical (unpaired) electrons. The Labute approximate surface area is 183 Å². The number of nitrogens with zero attached hydrogens (tertiary/aromatic N) is 1. The van der Waals surface area contributed by atoms with Crippen LogP contribution in [0.15, 0.2) is 0 Å². The molecule has 0 aliphatic carbocycles. The van der Waals surface area contributed by atoms with E-state index in [9.17, 15) is 29.2 Å². The van der Waals surface area contributed by atoms with Crippen molar-refractivity contribution in [2.24, 2.45) is 0 Å². The third kappa shape index (κ3) is 8.12. The maximum atomic E-state index is 12.0. The van der Waals surface area contributed by atoms with Gasteiger partial charge in [-0.2, -0.15) is 5.26 Å². The summed E-state index contributed by atoms with van der Waals surface area (Å²) >= 11 is 0. The van der Waals surface area contributed by atoms with Gasteiger partial charge in [-0.15, -0.1) is 0 Å². The number of carbonyl (C=O) groups excluding carboxylic acids is 5. The molecule has 1 unspecified atom stereocenters. The Bertz CT molecular complexity index is 760. The van der Waals surface area contributed by atoms with Crippen LogP contribution in [0.3, 0.4) is 0 Å². The summed E-state index contributed by atoms with van der Waals surface area (Å²) in [5.74, 6) is -4.22. The topological polar surface area (TPSA) is 174 Å². The highest BCUT2D eigenvalue weighted by Crippen LogP contribution is 2.30. The summed E-state index contributed by atoms with van der Waals surface area (Å²) in [4.78, 5) is 58.3. The van der Waals surface area contributed by atoms with Gasteiger partial charge in [0, 0.05) is 27.7 Å². The Morgan fingerprint density at radius 3 is 1.84 bits per heavy atom. The second-order valence-corrected chi connectivity index (χ2v) is 6.46. The van der Waals surface area contributed by atoms with Crippen LogP contribution >= 0.6 is 0 Å². The van der Waals surface area contributed by atoms with Crippen LogP contribution in [0, 0.1) is 11.3 Å². The number of rotatable bonds is 9. The second kappa shape index (κ2) is 12.6. The van der Waals surface area contributed by atoms with E-state index in [1.54, 1.807) is 6.07 Å². The first kappa shape index (κ1) is 26.8. The number of ether oxygens (including phenoxy) is 7. The zero-order valence-electron chi connectivity index (χ0n) is 18.2. The van der Waals surface area contributed by atoms with Crippen LogP contribution in [0.2, 0.25) is 0 Å². The smallest absolute Gasteiger partial charge is 0.350 e. The van der Waals surface area contributed by atoms with Crippen molar-refractivity contribution in [2.75, 3.05) is 13.2 Å². The number of hydrogen-bond acceptors (Lipinski definition) is 13. The lowest BCUT2D eigenvalue weighted by molar-refractivity contribution is -0.312. The number of esters is 5. The van der Waals surface area contributed by atoms with E-state index in [0.29, 0.717) is 0 Å². The quantitative estimate of drug-likeness (QED) is 0.320. The van der Waals surface area contributed by atoms with Gasteiger partial charge in [0.15, 0.2) is 18.3 Å². The fourth-order valence-electron chi connectivity index (χ4n) is 2.79. The number of hydrogen-bond donors (Lipinski definition) is 0. The van der Waals surface area contributed by atoms with Crippen molar-refractivity contribution in [3.63, 3.8) is 0 Å². The molecule has 1 aliphatic rings. The molecule has 0 amide bonds. The second-order valence-electron chi connectivity index (χ2n) is 6.46. The predicted molar refractivity (Wildman–Crippen MR) is 99.1 cm³/mol. The van der Waals surface area contributed by atoms with Gasteiger partial charge in [-0.05, 0) is 6.92 Å². The van der Waals surface area contributed by atoms with Gasteiger partial charge in [0.05, 0.1) is 6.61 Å². The minimum Gasteiger partial charge on any atom is -0.463 e. The highest BCUT2D eigenvalue weighted by molar-refractivity contribution is 5.77. The number of carbonyl (C=O) groups is 5. The highest BCUT2D eigenvalue weighted by Gasteiger charge is 2.53. The molecular formula is C19H25NO12. The SMILES string of the molecule is CCOC(=O)C(C#N)O[C@@H]1O[C@H](COC(C)=O)[C@@H](OC(C)=O)[C@H](OC(C)=O)[C@H]1OC(C)=O. The maximum absolute atomic E-state index is 12.0. The fourth-order valence-corrected chi connectivity index (χ4v) is 2.79. The first-order valence-corrected chi connectivity index (χ1v) is 9.52. The summed E-state index contributed by atoms with van der Waals surface area (Å²) in [7, 11) is 0. The molecule has 0 aromatic heterocycles. The lowest BCUT2D eigenvalue weighted by Gasteiger charge is -2.44. The third-order valence-corrected chi connectivity index (χ3v) is 3.84. The normalized spacial score (nSPS) is 25.4. The average Bonchev–Trinajstić information content (AvgIpc) is 2.67. The lowest BCUT2D eigenvalue weighted by Crippen LogP contribution is -2.63. The van der Waals surface area contributed by atoms with E-state index in [2.05, 4.69) is 0 Å². The van der Waals surface area contributed by atoms with Crippen molar-refractivity contribution < 1.29 is 57.1 Å². The van der Waals surface area contributed by atoms with E-state index in [1.165, 1.54) is 6.92 Å². The van der Waals surface area contributed by atoms with E-state index in [1.807, 2.05) is 0 Å². The Kier molecular flexibility index (Phi) is 10.5. The fraction of sp³-hybridized carbons (Fsp3) is 0.684. The van der Waals surface area contributed by atoms with E-state index < -0.39 is 73.3 Å². The van der Waals surface area contributed by atoms with E-state index in [-0.39, 0.29) is 6.61 Å². The molecule has 32 heavy (non-hydrogen) atoms.